The van der Waals surface area contributed by atoms with Crippen molar-refractivity contribution in [3.63, 3.8) is 0 Å². The number of thioether (sulfide) groups is 1. The lowest BCUT2D eigenvalue weighted by Crippen LogP contribution is -2.27. The first-order valence-electron chi connectivity index (χ1n) is 6.93. The predicted octanol–water partition coefficient (Wildman–Crippen LogP) is 5.16. The zero-order chi connectivity index (χ0) is 13.9. The molecule has 0 radical (unpaired) electrons. The van der Waals surface area contributed by atoms with Crippen LogP contribution in [0.5, 0.6) is 0 Å². The molecule has 0 amide bonds. The molecule has 0 saturated heterocycles. The van der Waals surface area contributed by atoms with Gasteiger partial charge in [-0.1, -0.05) is 42.7 Å². The summed E-state index contributed by atoms with van der Waals surface area (Å²) in [5.41, 5.74) is 0. The highest BCUT2D eigenvalue weighted by molar-refractivity contribution is 7.99. The summed E-state index contributed by atoms with van der Waals surface area (Å²) < 4.78 is 0. The molecule has 0 spiro atoms. The van der Waals surface area contributed by atoms with Crippen molar-refractivity contribution < 1.29 is 0 Å². The van der Waals surface area contributed by atoms with Gasteiger partial charge in [0.25, 0.3) is 0 Å². The van der Waals surface area contributed by atoms with Gasteiger partial charge in [0.1, 0.15) is 0 Å². The van der Waals surface area contributed by atoms with Crippen LogP contribution in [0.2, 0.25) is 5.02 Å². The smallest absolute Gasteiger partial charge is 0.0541 e. The fraction of sp³-hybridized carbons (Fsp3) is 0.500. The third-order valence-corrected chi connectivity index (χ3v) is 4.82. The van der Waals surface area contributed by atoms with Crippen molar-refractivity contribution in [1.82, 2.24) is 5.32 Å². The Labute approximate surface area is 126 Å². The molecule has 0 bridgehead atoms. The zero-order valence-corrected chi connectivity index (χ0v) is 13.3. The minimum atomic E-state index is 0.560. The van der Waals surface area contributed by atoms with Crippen molar-refractivity contribution in [2.75, 3.05) is 12.8 Å². The first kappa shape index (κ1) is 16.6. The summed E-state index contributed by atoms with van der Waals surface area (Å²) in [7, 11) is 2.04. The van der Waals surface area contributed by atoms with Gasteiger partial charge in [-0.05, 0) is 38.4 Å². The van der Waals surface area contributed by atoms with Crippen molar-refractivity contribution in [2.45, 2.75) is 43.0 Å². The average Bonchev–Trinajstić information content (AvgIpc) is 2.43. The molecule has 1 N–H and O–H groups in total. The molecular weight excluding hydrogens is 274 g/mol. The van der Waals surface area contributed by atoms with Gasteiger partial charge in [-0.15, -0.1) is 18.3 Å². The van der Waals surface area contributed by atoms with Crippen LogP contribution >= 0.6 is 23.4 Å². The quantitative estimate of drug-likeness (QED) is 0.364. The first-order chi connectivity index (χ1) is 9.27. The third-order valence-electron chi connectivity index (χ3n) is 3.15. The summed E-state index contributed by atoms with van der Waals surface area (Å²) in [6.07, 6.45) is 8.20. The van der Waals surface area contributed by atoms with Gasteiger partial charge < -0.3 is 5.32 Å². The van der Waals surface area contributed by atoms with Crippen LogP contribution in [-0.4, -0.2) is 18.8 Å². The molecule has 3 heteroatoms. The molecule has 1 unspecified atom stereocenters. The Morgan fingerprint density at radius 3 is 2.79 bits per heavy atom. The monoisotopic (exact) mass is 297 g/mol. The molecule has 106 valence electrons. The van der Waals surface area contributed by atoms with Crippen LogP contribution in [0.15, 0.2) is 41.8 Å². The normalized spacial score (nSPS) is 12.3. The summed E-state index contributed by atoms with van der Waals surface area (Å²) in [6.45, 7) is 3.75. The molecule has 0 saturated carbocycles. The van der Waals surface area contributed by atoms with Gasteiger partial charge in [-0.3, -0.25) is 0 Å². The number of halogens is 1. The van der Waals surface area contributed by atoms with Crippen LogP contribution < -0.4 is 5.32 Å². The summed E-state index contributed by atoms with van der Waals surface area (Å²) >= 11 is 8.00. The number of hydrogen-bond donors (Lipinski definition) is 1. The van der Waals surface area contributed by atoms with Crippen LogP contribution in [0.1, 0.15) is 32.1 Å². The van der Waals surface area contributed by atoms with Crippen LogP contribution in [0.4, 0.5) is 0 Å². The SMILES string of the molecule is C=CCCCCCC(CSc1ccccc1Cl)NC. The maximum atomic E-state index is 6.16. The minimum absolute atomic E-state index is 0.560. The Hall–Kier alpha value is -0.440. The maximum Gasteiger partial charge on any atom is 0.0541 e. The fourth-order valence-corrected chi connectivity index (χ4v) is 3.31. The number of unbranched alkanes of at least 4 members (excludes halogenated alkanes) is 3. The molecule has 1 nitrogen and oxygen atoms in total. The van der Waals surface area contributed by atoms with E-state index >= 15 is 0 Å². The van der Waals surface area contributed by atoms with E-state index in [9.17, 15) is 0 Å². The number of nitrogens with one attached hydrogen (secondary N) is 1. The van der Waals surface area contributed by atoms with Gasteiger partial charge in [-0.2, -0.15) is 0 Å². The Kier molecular flexibility index (Phi) is 9.06. The second-order valence-corrected chi connectivity index (χ2v) is 6.12. The molecule has 0 aliphatic carbocycles. The molecule has 0 aliphatic rings. The van der Waals surface area contributed by atoms with Crippen molar-refractivity contribution in [3.05, 3.63) is 41.9 Å². The van der Waals surface area contributed by atoms with E-state index in [1.165, 1.54) is 30.6 Å². The van der Waals surface area contributed by atoms with E-state index < -0.39 is 0 Å². The van der Waals surface area contributed by atoms with Gasteiger partial charge in [0, 0.05) is 16.7 Å². The molecule has 0 aromatic heterocycles. The second kappa shape index (κ2) is 10.4. The highest BCUT2D eigenvalue weighted by Gasteiger charge is 2.08. The Morgan fingerprint density at radius 2 is 2.11 bits per heavy atom. The summed E-state index contributed by atoms with van der Waals surface area (Å²) in [6, 6.07) is 8.61. The molecule has 19 heavy (non-hydrogen) atoms. The maximum absolute atomic E-state index is 6.16. The zero-order valence-electron chi connectivity index (χ0n) is 11.7. The third kappa shape index (κ3) is 7.05. The van der Waals surface area contributed by atoms with Crippen molar-refractivity contribution >= 4 is 23.4 Å². The standard InChI is InChI=1S/C16H24ClNS/c1-3-4-5-6-7-10-14(18-2)13-19-16-12-9-8-11-15(16)17/h3,8-9,11-12,14,18H,1,4-7,10,13H2,2H3. The molecule has 1 rings (SSSR count). The fourth-order valence-electron chi connectivity index (χ4n) is 1.92. The number of benzene rings is 1. The molecule has 0 aliphatic heterocycles. The summed E-state index contributed by atoms with van der Waals surface area (Å²) in [5, 5.41) is 4.25. The minimum Gasteiger partial charge on any atom is -0.316 e. The second-order valence-electron chi connectivity index (χ2n) is 4.65. The van der Waals surface area contributed by atoms with Gasteiger partial charge in [-0.25, -0.2) is 0 Å². The Bertz CT molecular complexity index is 368. The molecule has 1 atom stereocenters. The Balaban J connectivity index is 2.25. The predicted molar refractivity (Wildman–Crippen MR) is 88.3 cm³/mol. The van der Waals surface area contributed by atoms with E-state index in [2.05, 4.69) is 18.0 Å². The highest BCUT2D eigenvalue weighted by atomic mass is 35.5. The lowest BCUT2D eigenvalue weighted by molar-refractivity contribution is 0.526. The number of rotatable bonds is 10. The lowest BCUT2D eigenvalue weighted by Gasteiger charge is -2.16. The average molecular weight is 298 g/mol. The highest BCUT2D eigenvalue weighted by Crippen LogP contribution is 2.27. The first-order valence-corrected chi connectivity index (χ1v) is 8.29. The van der Waals surface area contributed by atoms with Crippen LogP contribution in [0.25, 0.3) is 0 Å². The van der Waals surface area contributed by atoms with Gasteiger partial charge in [0.2, 0.25) is 0 Å². The summed E-state index contributed by atoms with van der Waals surface area (Å²) in [4.78, 5) is 1.18. The van der Waals surface area contributed by atoms with Gasteiger partial charge >= 0.3 is 0 Å². The van der Waals surface area contributed by atoms with Gasteiger partial charge in [0.05, 0.1) is 5.02 Å². The van der Waals surface area contributed by atoms with E-state index in [0.29, 0.717) is 6.04 Å². The van der Waals surface area contributed by atoms with Crippen molar-refractivity contribution in [3.8, 4) is 0 Å². The summed E-state index contributed by atoms with van der Waals surface area (Å²) in [5.74, 6) is 1.07. The largest absolute Gasteiger partial charge is 0.316 e. The van der Waals surface area contributed by atoms with Gasteiger partial charge in [0.15, 0.2) is 0 Å². The van der Waals surface area contributed by atoms with E-state index in [1.807, 2.05) is 43.1 Å². The number of hydrogen-bond acceptors (Lipinski definition) is 2. The lowest BCUT2D eigenvalue weighted by atomic mass is 10.1. The van der Waals surface area contributed by atoms with E-state index in [4.69, 9.17) is 11.6 Å². The molecule has 0 heterocycles. The number of allylic oxidation sites excluding steroid dienone is 1. The van der Waals surface area contributed by atoms with Crippen LogP contribution in [0.3, 0.4) is 0 Å². The van der Waals surface area contributed by atoms with E-state index in [0.717, 1.165) is 17.2 Å². The molecule has 1 aromatic carbocycles. The molecular formula is C16H24ClNS. The van der Waals surface area contributed by atoms with E-state index in [-0.39, 0.29) is 0 Å². The van der Waals surface area contributed by atoms with Crippen molar-refractivity contribution in [2.24, 2.45) is 0 Å². The van der Waals surface area contributed by atoms with Crippen LogP contribution in [-0.2, 0) is 0 Å². The van der Waals surface area contributed by atoms with E-state index in [1.54, 1.807) is 0 Å². The van der Waals surface area contributed by atoms with Crippen molar-refractivity contribution in [1.29, 1.82) is 0 Å². The molecule has 1 aromatic rings. The molecule has 0 fully saturated rings. The Morgan fingerprint density at radius 1 is 1.32 bits per heavy atom. The topological polar surface area (TPSA) is 12.0 Å². The van der Waals surface area contributed by atoms with Crippen LogP contribution in [0, 0.1) is 0 Å².